The van der Waals surface area contributed by atoms with Gasteiger partial charge in [-0.25, -0.2) is 8.42 Å². The van der Waals surface area contributed by atoms with Gasteiger partial charge in [-0.1, -0.05) is 18.2 Å². The number of benzene rings is 2. The van der Waals surface area contributed by atoms with Gasteiger partial charge in [0.15, 0.2) is 0 Å². The van der Waals surface area contributed by atoms with Gasteiger partial charge in [0.1, 0.15) is 11.4 Å². The van der Waals surface area contributed by atoms with Crippen LogP contribution in [0.4, 0.5) is 13.2 Å². The lowest BCUT2D eigenvalue weighted by molar-refractivity contribution is -0.137. The van der Waals surface area contributed by atoms with Gasteiger partial charge in [0, 0.05) is 42.7 Å². The van der Waals surface area contributed by atoms with E-state index in [1.54, 1.807) is 17.0 Å². The number of alkyl halides is 3. The average Bonchev–Trinajstić information content (AvgIpc) is 3.28. The number of aliphatic hydroxyl groups is 1. The predicted octanol–water partition coefficient (Wildman–Crippen LogP) is 3.63. The quantitative estimate of drug-likeness (QED) is 0.531. The van der Waals surface area contributed by atoms with Crippen LogP contribution in [0.5, 0.6) is 0 Å². The number of hydrogen-bond acceptors (Lipinski definition) is 6. The molecule has 3 aliphatic rings. The normalized spacial score (nSPS) is 20.1. The molecule has 2 saturated heterocycles. The van der Waals surface area contributed by atoms with Gasteiger partial charge in [-0.2, -0.15) is 17.5 Å². The first-order valence-corrected chi connectivity index (χ1v) is 15.6. The molecular formula is C30H33F3N4O5S. The summed E-state index contributed by atoms with van der Waals surface area (Å²) in [6.07, 6.45) is -2.22. The first kappa shape index (κ1) is 30.9. The van der Waals surface area contributed by atoms with E-state index in [9.17, 15) is 36.3 Å². The zero-order chi connectivity index (χ0) is 31.2. The Morgan fingerprint density at radius 1 is 1.07 bits per heavy atom. The van der Waals surface area contributed by atoms with E-state index in [0.717, 1.165) is 28.7 Å². The molecule has 0 unspecified atom stereocenters. The minimum Gasteiger partial charge on any atom is -0.393 e. The minimum atomic E-state index is -4.54. The van der Waals surface area contributed by atoms with E-state index in [-0.39, 0.29) is 43.2 Å². The molecule has 0 atom stereocenters. The predicted molar refractivity (Wildman–Crippen MR) is 155 cm³/mol. The van der Waals surface area contributed by atoms with Crippen molar-refractivity contribution >= 4 is 33.7 Å². The molecule has 2 aromatic rings. The van der Waals surface area contributed by atoms with Crippen LogP contribution < -0.4 is 5.32 Å². The number of nitrogens with one attached hydrogen (secondary N) is 1. The van der Waals surface area contributed by atoms with Gasteiger partial charge in [-0.15, -0.1) is 0 Å². The Morgan fingerprint density at radius 3 is 2.40 bits per heavy atom. The smallest absolute Gasteiger partial charge is 0.393 e. The Labute approximate surface area is 248 Å². The highest BCUT2D eigenvalue weighted by Crippen LogP contribution is 2.34. The number of likely N-dealkylation sites (tertiary alicyclic amines) is 1. The molecule has 9 nitrogen and oxygen atoms in total. The summed E-state index contributed by atoms with van der Waals surface area (Å²) in [7, 11) is -3.86. The monoisotopic (exact) mass is 618 g/mol. The molecule has 2 fully saturated rings. The first-order valence-electron chi connectivity index (χ1n) is 14.0. The van der Waals surface area contributed by atoms with Gasteiger partial charge in [-0.05, 0) is 80.5 Å². The van der Waals surface area contributed by atoms with Crippen molar-refractivity contribution in [3.05, 3.63) is 75.2 Å². The summed E-state index contributed by atoms with van der Waals surface area (Å²) in [6.45, 7) is 4.62. The zero-order valence-electron chi connectivity index (χ0n) is 23.8. The maximum atomic E-state index is 13.2. The van der Waals surface area contributed by atoms with Crippen molar-refractivity contribution in [3.63, 3.8) is 0 Å². The van der Waals surface area contributed by atoms with Crippen LogP contribution in [0.2, 0.25) is 0 Å². The molecule has 13 heteroatoms. The van der Waals surface area contributed by atoms with Crippen molar-refractivity contribution in [1.82, 2.24) is 14.5 Å². The van der Waals surface area contributed by atoms with Crippen molar-refractivity contribution in [3.8, 4) is 0 Å². The van der Waals surface area contributed by atoms with Crippen molar-refractivity contribution in [2.45, 2.75) is 57.3 Å². The van der Waals surface area contributed by atoms with Crippen molar-refractivity contribution in [1.29, 1.82) is 0 Å². The van der Waals surface area contributed by atoms with Gasteiger partial charge in [0.2, 0.25) is 10.0 Å². The number of piperidine rings is 2. The van der Waals surface area contributed by atoms with Crippen LogP contribution in [0, 0.1) is 13.8 Å². The summed E-state index contributed by atoms with van der Waals surface area (Å²) in [5, 5.41) is 13.4. The lowest BCUT2D eigenvalue weighted by Crippen LogP contribution is -2.50. The Bertz CT molecular complexity index is 1600. The average molecular weight is 619 g/mol. The van der Waals surface area contributed by atoms with E-state index >= 15 is 0 Å². The van der Waals surface area contributed by atoms with Crippen LogP contribution in [-0.4, -0.2) is 78.2 Å². The lowest BCUT2D eigenvalue weighted by atomic mass is 9.89. The maximum absolute atomic E-state index is 13.2. The summed E-state index contributed by atoms with van der Waals surface area (Å²) < 4.78 is 67.1. The number of nitrogens with zero attached hydrogens (tertiary/aromatic N) is 3. The molecule has 0 saturated carbocycles. The van der Waals surface area contributed by atoms with Gasteiger partial charge >= 0.3 is 6.18 Å². The molecule has 1 spiro atoms. The number of halogens is 3. The Balaban J connectivity index is 1.27. The number of amides is 2. The SMILES string of the molecule is Cc1c(C=CS(=O)(=O)N2CCC3(CC2)N=C(c2cccc(C(F)(F)F)c2)NC3=O)ccc(C(=O)N2CCC(O)CC2)c1C. The fourth-order valence-corrected chi connectivity index (χ4v) is 6.87. The van der Waals surface area contributed by atoms with Crippen LogP contribution >= 0.6 is 0 Å². The topological polar surface area (TPSA) is 119 Å². The number of aliphatic hydroxyl groups excluding tert-OH is 1. The van der Waals surface area contributed by atoms with Crippen molar-refractivity contribution in [2.75, 3.05) is 26.2 Å². The number of carbonyl (C=O) groups is 2. The molecule has 2 amide bonds. The molecule has 3 aliphatic heterocycles. The Hall–Kier alpha value is -3.55. The summed E-state index contributed by atoms with van der Waals surface area (Å²) in [4.78, 5) is 32.1. The fourth-order valence-electron chi connectivity index (χ4n) is 5.68. The van der Waals surface area contributed by atoms with E-state index in [1.165, 1.54) is 22.5 Å². The highest BCUT2D eigenvalue weighted by Gasteiger charge is 2.47. The number of hydrogen-bond donors (Lipinski definition) is 2. The molecule has 230 valence electrons. The molecule has 2 N–H and O–H groups in total. The van der Waals surface area contributed by atoms with E-state index in [0.29, 0.717) is 37.1 Å². The largest absolute Gasteiger partial charge is 0.416 e. The van der Waals surface area contributed by atoms with E-state index in [1.807, 2.05) is 13.8 Å². The zero-order valence-corrected chi connectivity index (χ0v) is 24.6. The lowest BCUT2D eigenvalue weighted by Gasteiger charge is -2.34. The Kier molecular flexibility index (Phi) is 8.27. The molecule has 5 rings (SSSR count). The number of rotatable bonds is 5. The first-order chi connectivity index (χ1) is 20.2. The third-order valence-electron chi connectivity index (χ3n) is 8.58. The second-order valence-corrected chi connectivity index (χ2v) is 13.1. The summed E-state index contributed by atoms with van der Waals surface area (Å²) in [5.74, 6) is -0.542. The van der Waals surface area contributed by atoms with Crippen molar-refractivity contribution in [2.24, 2.45) is 4.99 Å². The number of sulfonamides is 1. The van der Waals surface area contributed by atoms with Gasteiger partial charge in [0.25, 0.3) is 11.8 Å². The molecule has 2 aromatic carbocycles. The molecule has 0 bridgehead atoms. The molecular weight excluding hydrogens is 585 g/mol. The molecule has 0 radical (unpaired) electrons. The molecule has 0 aromatic heterocycles. The second kappa shape index (κ2) is 11.5. The molecule has 43 heavy (non-hydrogen) atoms. The van der Waals surface area contributed by atoms with Crippen LogP contribution in [0.15, 0.2) is 46.8 Å². The highest BCUT2D eigenvalue weighted by atomic mass is 32.2. The highest BCUT2D eigenvalue weighted by molar-refractivity contribution is 7.92. The molecule has 3 heterocycles. The van der Waals surface area contributed by atoms with Crippen molar-refractivity contribution < 1.29 is 36.3 Å². The van der Waals surface area contributed by atoms with Crippen LogP contribution in [0.1, 0.15) is 63.9 Å². The van der Waals surface area contributed by atoms with Gasteiger partial charge < -0.3 is 15.3 Å². The Morgan fingerprint density at radius 2 is 1.74 bits per heavy atom. The van der Waals surface area contributed by atoms with Crippen LogP contribution in [0.3, 0.4) is 0 Å². The summed E-state index contributed by atoms with van der Waals surface area (Å²) in [5.41, 5.74) is 0.724. The third kappa shape index (κ3) is 6.24. The fraction of sp³-hybridized carbons (Fsp3) is 0.433. The number of carbonyl (C=O) groups excluding carboxylic acids is 2. The van der Waals surface area contributed by atoms with E-state index in [4.69, 9.17) is 0 Å². The summed E-state index contributed by atoms with van der Waals surface area (Å²) in [6, 6.07) is 7.93. The van der Waals surface area contributed by atoms with E-state index in [2.05, 4.69) is 10.3 Å². The maximum Gasteiger partial charge on any atom is 0.416 e. The second-order valence-electron chi connectivity index (χ2n) is 11.2. The minimum absolute atomic E-state index is 0.00937. The standard InChI is InChI=1S/C30H33F3N4O5S/c1-19-20(2)25(27(39)36-13-8-24(38)9-14-36)7-6-21(19)10-17-43(41,42)37-15-11-29(12-16-37)28(40)34-26(35-29)22-4-3-5-23(18-22)30(31,32)33/h3-7,10,17-18,24,38H,8-9,11-16H2,1-2H3,(H,34,35,40). The third-order valence-corrected chi connectivity index (χ3v) is 10.1. The van der Waals surface area contributed by atoms with Gasteiger partial charge in [-0.3, -0.25) is 14.6 Å². The summed E-state index contributed by atoms with van der Waals surface area (Å²) >= 11 is 0. The van der Waals surface area contributed by atoms with Gasteiger partial charge in [0.05, 0.1) is 11.7 Å². The molecule has 0 aliphatic carbocycles. The van der Waals surface area contributed by atoms with Crippen LogP contribution in [0.25, 0.3) is 6.08 Å². The van der Waals surface area contributed by atoms with E-state index < -0.39 is 39.3 Å². The number of amidine groups is 1. The number of aliphatic imine (C=N–C) groups is 1. The van der Waals surface area contributed by atoms with Crippen LogP contribution in [-0.2, 0) is 21.0 Å².